The van der Waals surface area contributed by atoms with Gasteiger partial charge in [-0.1, -0.05) is 0 Å². The summed E-state index contributed by atoms with van der Waals surface area (Å²) in [4.78, 5) is 17.0. The highest BCUT2D eigenvalue weighted by Crippen LogP contribution is 2.46. The largest absolute Gasteiger partial charge is 0.444 e. The van der Waals surface area contributed by atoms with Crippen molar-refractivity contribution in [2.75, 3.05) is 43.4 Å². The topological polar surface area (TPSA) is 70.8 Å². The standard InChI is InChI=1S/C22H34N4O2/c1-22(2,3)28-21(27)24-20-18-13-25(14-19(18)20)12-15-8-10-26(11-9-15)17-6-4-16(23)5-7-17/h4-7,15,18-20H,8-14,23H2,1-3H3,(H,24,27)/t18-,19+,20?. The molecule has 6 nitrogen and oxygen atoms in total. The summed E-state index contributed by atoms with van der Waals surface area (Å²) in [7, 11) is 0. The molecule has 0 bridgehead atoms. The first-order valence-electron chi connectivity index (χ1n) is 10.6. The van der Waals surface area contributed by atoms with E-state index in [1.165, 1.54) is 25.1 Å². The number of ether oxygens (including phenoxy) is 1. The van der Waals surface area contributed by atoms with Gasteiger partial charge in [-0.2, -0.15) is 0 Å². The van der Waals surface area contributed by atoms with Crippen molar-refractivity contribution in [3.05, 3.63) is 24.3 Å². The van der Waals surface area contributed by atoms with Crippen LogP contribution in [0.3, 0.4) is 0 Å². The second-order valence-corrected chi connectivity index (χ2v) is 9.74. The third-order valence-electron chi connectivity index (χ3n) is 6.34. The summed E-state index contributed by atoms with van der Waals surface area (Å²) in [6, 6.07) is 8.54. The van der Waals surface area contributed by atoms with E-state index in [1.807, 2.05) is 32.9 Å². The molecule has 2 saturated heterocycles. The lowest BCUT2D eigenvalue weighted by Crippen LogP contribution is -2.41. The third-order valence-corrected chi connectivity index (χ3v) is 6.34. The smallest absolute Gasteiger partial charge is 0.407 e. The minimum absolute atomic E-state index is 0.270. The average Bonchev–Trinajstić information content (AvgIpc) is 3.06. The van der Waals surface area contributed by atoms with E-state index in [9.17, 15) is 4.79 Å². The van der Waals surface area contributed by atoms with Crippen LogP contribution in [0.4, 0.5) is 16.2 Å². The van der Waals surface area contributed by atoms with Gasteiger partial charge < -0.3 is 25.6 Å². The Balaban J connectivity index is 1.16. The van der Waals surface area contributed by atoms with E-state index in [-0.39, 0.29) is 6.09 Å². The van der Waals surface area contributed by atoms with Gasteiger partial charge in [-0.25, -0.2) is 4.79 Å². The van der Waals surface area contributed by atoms with Crippen LogP contribution in [0.1, 0.15) is 33.6 Å². The van der Waals surface area contributed by atoms with Crippen molar-refractivity contribution in [2.45, 2.75) is 45.3 Å². The van der Waals surface area contributed by atoms with Gasteiger partial charge >= 0.3 is 6.09 Å². The highest BCUT2D eigenvalue weighted by molar-refractivity contribution is 5.68. The molecule has 1 aliphatic carbocycles. The molecule has 3 atom stereocenters. The highest BCUT2D eigenvalue weighted by atomic mass is 16.6. The summed E-state index contributed by atoms with van der Waals surface area (Å²) in [5, 5.41) is 3.06. The monoisotopic (exact) mass is 386 g/mol. The van der Waals surface area contributed by atoms with Gasteiger partial charge in [0.05, 0.1) is 0 Å². The van der Waals surface area contributed by atoms with Crippen LogP contribution in [0.5, 0.6) is 0 Å². The maximum Gasteiger partial charge on any atom is 0.407 e. The Hall–Kier alpha value is -1.95. The van der Waals surface area contributed by atoms with E-state index < -0.39 is 5.60 Å². The van der Waals surface area contributed by atoms with Gasteiger partial charge in [0.2, 0.25) is 0 Å². The van der Waals surface area contributed by atoms with Crippen molar-refractivity contribution < 1.29 is 9.53 Å². The lowest BCUT2D eigenvalue weighted by Gasteiger charge is -2.35. The van der Waals surface area contributed by atoms with Crippen LogP contribution in [0.15, 0.2) is 24.3 Å². The molecule has 0 spiro atoms. The normalized spacial score (nSPS) is 28.1. The van der Waals surface area contributed by atoms with E-state index in [1.54, 1.807) is 0 Å². The van der Waals surface area contributed by atoms with Crippen LogP contribution in [0.25, 0.3) is 0 Å². The van der Waals surface area contributed by atoms with E-state index in [0.29, 0.717) is 17.9 Å². The number of rotatable bonds is 4. The molecule has 0 aromatic heterocycles. The van der Waals surface area contributed by atoms with E-state index in [0.717, 1.165) is 37.8 Å². The van der Waals surface area contributed by atoms with Gasteiger partial charge in [0.25, 0.3) is 0 Å². The summed E-state index contributed by atoms with van der Waals surface area (Å²) in [6.07, 6.45) is 2.22. The van der Waals surface area contributed by atoms with E-state index >= 15 is 0 Å². The number of piperidine rings is 2. The van der Waals surface area contributed by atoms with Gasteiger partial charge in [-0.3, -0.25) is 0 Å². The number of nitrogen functional groups attached to an aromatic ring is 1. The molecule has 1 unspecified atom stereocenters. The zero-order valence-electron chi connectivity index (χ0n) is 17.4. The number of hydrogen-bond donors (Lipinski definition) is 2. The molecule has 2 aliphatic heterocycles. The van der Waals surface area contributed by atoms with Gasteiger partial charge in [0.1, 0.15) is 5.60 Å². The minimum Gasteiger partial charge on any atom is -0.444 e. The first-order chi connectivity index (χ1) is 13.3. The molecule has 1 saturated carbocycles. The van der Waals surface area contributed by atoms with Crippen LogP contribution in [-0.2, 0) is 4.74 Å². The summed E-state index contributed by atoms with van der Waals surface area (Å²) in [6.45, 7) is 11.4. The van der Waals surface area contributed by atoms with Gasteiger partial charge in [0.15, 0.2) is 0 Å². The van der Waals surface area contributed by atoms with Gasteiger partial charge in [-0.05, 0) is 75.6 Å². The number of amides is 1. The number of carbonyl (C=O) groups excluding carboxylic acids is 1. The van der Waals surface area contributed by atoms with Crippen molar-refractivity contribution in [1.82, 2.24) is 10.2 Å². The molecule has 0 radical (unpaired) electrons. The maximum absolute atomic E-state index is 11.9. The van der Waals surface area contributed by atoms with Gasteiger partial charge in [-0.15, -0.1) is 0 Å². The SMILES string of the molecule is CC(C)(C)OC(=O)NC1[C@H]2CN(CC3CCN(c4ccc(N)cc4)CC3)C[C@@H]12. The van der Waals surface area contributed by atoms with Crippen LogP contribution in [0, 0.1) is 17.8 Å². The number of benzene rings is 1. The van der Waals surface area contributed by atoms with Crippen LogP contribution >= 0.6 is 0 Å². The predicted molar refractivity (Wildman–Crippen MR) is 112 cm³/mol. The van der Waals surface area contributed by atoms with Crippen molar-refractivity contribution in [3.8, 4) is 0 Å². The summed E-state index contributed by atoms with van der Waals surface area (Å²) < 4.78 is 5.38. The molecule has 4 rings (SSSR count). The Bertz CT molecular complexity index is 679. The fourth-order valence-corrected chi connectivity index (χ4v) is 4.84. The number of likely N-dealkylation sites (tertiary alicyclic amines) is 1. The quantitative estimate of drug-likeness (QED) is 0.779. The van der Waals surface area contributed by atoms with Crippen molar-refractivity contribution >= 4 is 17.5 Å². The van der Waals surface area contributed by atoms with Crippen LogP contribution < -0.4 is 16.0 Å². The summed E-state index contributed by atoms with van der Waals surface area (Å²) in [5.41, 5.74) is 7.47. The fourth-order valence-electron chi connectivity index (χ4n) is 4.84. The maximum atomic E-state index is 11.9. The Morgan fingerprint density at radius 3 is 2.32 bits per heavy atom. The van der Waals surface area contributed by atoms with E-state index in [2.05, 4.69) is 27.2 Å². The Morgan fingerprint density at radius 2 is 1.75 bits per heavy atom. The average molecular weight is 387 g/mol. The molecular weight excluding hydrogens is 352 g/mol. The van der Waals surface area contributed by atoms with E-state index in [4.69, 9.17) is 10.5 Å². The first kappa shape index (κ1) is 19.4. The Kier molecular flexibility index (Phi) is 5.17. The molecule has 6 heteroatoms. The third kappa shape index (κ3) is 4.54. The molecule has 3 N–H and O–H groups in total. The lowest BCUT2D eigenvalue weighted by molar-refractivity contribution is 0.0513. The molecule has 2 heterocycles. The second kappa shape index (κ2) is 7.47. The Labute approximate surface area is 168 Å². The first-order valence-corrected chi connectivity index (χ1v) is 10.6. The summed E-state index contributed by atoms with van der Waals surface area (Å²) in [5.74, 6) is 2.00. The minimum atomic E-state index is -0.429. The molecule has 28 heavy (non-hydrogen) atoms. The number of alkyl carbamates (subject to hydrolysis) is 1. The molecule has 1 amide bonds. The molecule has 154 valence electrons. The molecule has 3 aliphatic rings. The zero-order valence-corrected chi connectivity index (χ0v) is 17.4. The molecule has 1 aromatic carbocycles. The second-order valence-electron chi connectivity index (χ2n) is 9.74. The lowest BCUT2D eigenvalue weighted by atomic mass is 9.95. The van der Waals surface area contributed by atoms with Crippen LogP contribution in [-0.4, -0.2) is 55.4 Å². The number of nitrogens with zero attached hydrogens (tertiary/aromatic N) is 2. The summed E-state index contributed by atoms with van der Waals surface area (Å²) >= 11 is 0. The van der Waals surface area contributed by atoms with Crippen LogP contribution in [0.2, 0.25) is 0 Å². The highest BCUT2D eigenvalue weighted by Gasteiger charge is 2.56. The zero-order chi connectivity index (χ0) is 19.9. The molecule has 1 aromatic rings. The predicted octanol–water partition coefficient (Wildman–Crippen LogP) is 2.94. The number of anilines is 2. The van der Waals surface area contributed by atoms with Crippen molar-refractivity contribution in [3.63, 3.8) is 0 Å². The molecular formula is C22H34N4O2. The number of nitrogens with two attached hydrogens (primary N) is 1. The van der Waals surface area contributed by atoms with Crippen molar-refractivity contribution in [1.29, 1.82) is 0 Å². The fraction of sp³-hybridized carbons (Fsp3) is 0.682. The number of nitrogens with one attached hydrogen (secondary N) is 1. The number of fused-ring (bicyclic) bond motifs is 1. The number of carbonyl (C=O) groups is 1. The number of hydrogen-bond acceptors (Lipinski definition) is 5. The Morgan fingerprint density at radius 1 is 1.14 bits per heavy atom. The molecule has 3 fully saturated rings. The van der Waals surface area contributed by atoms with Gasteiger partial charge in [0, 0.05) is 50.1 Å². The van der Waals surface area contributed by atoms with Crippen molar-refractivity contribution in [2.24, 2.45) is 17.8 Å².